The van der Waals surface area contributed by atoms with Crippen molar-refractivity contribution in [2.24, 2.45) is 0 Å². The summed E-state index contributed by atoms with van der Waals surface area (Å²) in [4.78, 5) is 35.3. The molecule has 0 aromatic heterocycles. The Morgan fingerprint density at radius 2 is 1.61 bits per heavy atom. The fourth-order valence-electron chi connectivity index (χ4n) is 2.00. The lowest BCUT2D eigenvalue weighted by molar-refractivity contribution is -0.123. The van der Waals surface area contributed by atoms with Crippen LogP contribution in [0.2, 0.25) is 0 Å². The largest absolute Gasteiger partial charge is 0.452 e. The highest BCUT2D eigenvalue weighted by Gasteiger charge is 2.23. The highest BCUT2D eigenvalue weighted by Crippen LogP contribution is 2.15. The molecule has 10 heteroatoms. The predicted octanol–water partition coefficient (Wildman–Crippen LogP) is 1.54. The molecule has 0 atom stereocenters. The van der Waals surface area contributed by atoms with Crippen LogP contribution in [0.25, 0.3) is 0 Å². The van der Waals surface area contributed by atoms with Crippen molar-refractivity contribution in [2.45, 2.75) is 57.5 Å². The summed E-state index contributed by atoms with van der Waals surface area (Å²) in [7, 11) is -3.83. The number of amides is 3. The molecule has 0 unspecified atom stereocenters. The van der Waals surface area contributed by atoms with Crippen LogP contribution in [0.4, 0.5) is 4.79 Å². The summed E-state index contributed by atoms with van der Waals surface area (Å²) >= 11 is 0. The van der Waals surface area contributed by atoms with Gasteiger partial charge in [0.15, 0.2) is 6.61 Å². The van der Waals surface area contributed by atoms with E-state index in [1.807, 2.05) is 5.32 Å². The van der Waals surface area contributed by atoms with Crippen molar-refractivity contribution < 1.29 is 27.5 Å². The Bertz CT molecular complexity index is 851. The molecule has 3 amide bonds. The van der Waals surface area contributed by atoms with Gasteiger partial charge in [0.25, 0.3) is 5.91 Å². The second-order valence-electron chi connectivity index (χ2n) is 8.21. The molecular formula is C18H27N3O6S. The summed E-state index contributed by atoms with van der Waals surface area (Å²) in [6.07, 6.45) is 0. The number of ether oxygens (including phenoxy) is 1. The van der Waals surface area contributed by atoms with E-state index in [-0.39, 0.29) is 10.5 Å². The maximum Gasteiger partial charge on any atom is 0.338 e. The van der Waals surface area contributed by atoms with E-state index in [1.165, 1.54) is 18.2 Å². The standard InChI is InChI=1S/C18H27N3O6S/c1-17(2,3)20-16(24)19-14(22)11-27-15(23)12-8-7-9-13(10-12)28(25,26)21-18(4,5)6/h7-10,21H,11H2,1-6H3,(H2,19,20,22,24). The number of hydrogen-bond donors (Lipinski definition) is 3. The highest BCUT2D eigenvalue weighted by atomic mass is 32.2. The SMILES string of the molecule is CC(C)(C)NC(=O)NC(=O)COC(=O)c1cccc(S(=O)(=O)NC(C)(C)C)c1. The molecule has 28 heavy (non-hydrogen) atoms. The molecule has 0 saturated carbocycles. The first-order chi connectivity index (χ1) is 12.6. The van der Waals surface area contributed by atoms with Gasteiger partial charge in [0.05, 0.1) is 10.5 Å². The number of carbonyl (C=O) groups excluding carboxylic acids is 3. The molecular weight excluding hydrogens is 386 g/mol. The smallest absolute Gasteiger partial charge is 0.338 e. The van der Waals surface area contributed by atoms with Crippen LogP contribution in [0.1, 0.15) is 51.9 Å². The zero-order valence-electron chi connectivity index (χ0n) is 16.9. The number of urea groups is 1. The van der Waals surface area contributed by atoms with Crippen LogP contribution in [0.3, 0.4) is 0 Å². The highest BCUT2D eigenvalue weighted by molar-refractivity contribution is 7.89. The molecule has 0 fully saturated rings. The van der Waals surface area contributed by atoms with Gasteiger partial charge in [-0.05, 0) is 59.7 Å². The molecule has 0 aliphatic carbocycles. The molecule has 156 valence electrons. The number of hydrogen-bond acceptors (Lipinski definition) is 6. The van der Waals surface area contributed by atoms with Gasteiger partial charge in [-0.25, -0.2) is 22.7 Å². The van der Waals surface area contributed by atoms with Gasteiger partial charge in [-0.3, -0.25) is 10.1 Å². The number of benzene rings is 1. The third-order valence-corrected chi connectivity index (χ3v) is 4.65. The minimum absolute atomic E-state index is 0.0382. The average Bonchev–Trinajstić information content (AvgIpc) is 2.48. The number of carbonyl (C=O) groups is 3. The average molecular weight is 413 g/mol. The molecule has 3 N–H and O–H groups in total. The molecule has 0 aliphatic rings. The lowest BCUT2D eigenvalue weighted by Crippen LogP contribution is -2.49. The zero-order valence-corrected chi connectivity index (χ0v) is 17.7. The summed E-state index contributed by atoms with van der Waals surface area (Å²) in [5.41, 5.74) is -1.27. The van der Waals surface area contributed by atoms with Gasteiger partial charge in [-0.15, -0.1) is 0 Å². The maximum absolute atomic E-state index is 12.4. The van der Waals surface area contributed by atoms with Gasteiger partial charge in [0.1, 0.15) is 0 Å². The first-order valence-electron chi connectivity index (χ1n) is 8.52. The van der Waals surface area contributed by atoms with E-state index in [9.17, 15) is 22.8 Å². The monoisotopic (exact) mass is 413 g/mol. The number of sulfonamides is 1. The third kappa shape index (κ3) is 8.49. The normalized spacial score (nSPS) is 12.2. The van der Waals surface area contributed by atoms with Crippen molar-refractivity contribution in [1.29, 1.82) is 0 Å². The fraction of sp³-hybridized carbons (Fsp3) is 0.500. The van der Waals surface area contributed by atoms with Crippen LogP contribution >= 0.6 is 0 Å². The van der Waals surface area contributed by atoms with Crippen molar-refractivity contribution in [3.63, 3.8) is 0 Å². The lowest BCUT2D eigenvalue weighted by Gasteiger charge is -2.20. The van der Waals surface area contributed by atoms with E-state index < -0.39 is 45.6 Å². The van der Waals surface area contributed by atoms with Crippen LogP contribution in [-0.2, 0) is 19.6 Å². The van der Waals surface area contributed by atoms with E-state index in [2.05, 4.69) is 10.0 Å². The summed E-state index contributed by atoms with van der Waals surface area (Å²) in [5, 5.41) is 4.56. The molecule has 1 rings (SSSR count). The maximum atomic E-state index is 12.4. The molecule has 0 spiro atoms. The molecule has 0 bridgehead atoms. The quantitative estimate of drug-likeness (QED) is 0.628. The van der Waals surface area contributed by atoms with Gasteiger partial charge in [0.2, 0.25) is 10.0 Å². The van der Waals surface area contributed by atoms with Crippen molar-refractivity contribution in [3.8, 4) is 0 Å². The summed E-state index contributed by atoms with van der Waals surface area (Å²) in [6.45, 7) is 9.62. The van der Waals surface area contributed by atoms with Gasteiger partial charge in [-0.1, -0.05) is 6.07 Å². The van der Waals surface area contributed by atoms with Gasteiger partial charge in [-0.2, -0.15) is 0 Å². The minimum Gasteiger partial charge on any atom is -0.452 e. The van der Waals surface area contributed by atoms with Crippen molar-refractivity contribution in [3.05, 3.63) is 29.8 Å². The number of rotatable bonds is 5. The Morgan fingerprint density at radius 3 is 2.14 bits per heavy atom. The van der Waals surface area contributed by atoms with Gasteiger partial charge < -0.3 is 10.1 Å². The first kappa shape index (κ1) is 23.6. The van der Waals surface area contributed by atoms with Crippen LogP contribution in [0.15, 0.2) is 29.2 Å². The molecule has 1 aromatic carbocycles. The summed E-state index contributed by atoms with van der Waals surface area (Å²) in [5.74, 6) is -1.70. The second-order valence-corrected chi connectivity index (χ2v) is 9.89. The molecule has 0 radical (unpaired) electrons. The Morgan fingerprint density at radius 1 is 1.00 bits per heavy atom. The van der Waals surface area contributed by atoms with E-state index in [4.69, 9.17) is 4.74 Å². The number of imide groups is 1. The third-order valence-electron chi connectivity index (χ3n) is 2.90. The van der Waals surface area contributed by atoms with Crippen molar-refractivity contribution >= 4 is 27.9 Å². The summed E-state index contributed by atoms with van der Waals surface area (Å²) in [6, 6.07) is 4.54. The first-order valence-corrected chi connectivity index (χ1v) is 10.0. The summed E-state index contributed by atoms with van der Waals surface area (Å²) < 4.78 is 32.0. The van der Waals surface area contributed by atoms with E-state index in [0.29, 0.717) is 0 Å². The van der Waals surface area contributed by atoms with Crippen molar-refractivity contribution in [2.75, 3.05) is 6.61 Å². The van der Waals surface area contributed by atoms with Crippen LogP contribution in [0.5, 0.6) is 0 Å². The fourth-order valence-corrected chi connectivity index (χ4v) is 3.47. The predicted molar refractivity (Wildman–Crippen MR) is 103 cm³/mol. The zero-order chi connectivity index (χ0) is 21.8. The van der Waals surface area contributed by atoms with Crippen LogP contribution in [-0.4, -0.2) is 44.0 Å². The van der Waals surface area contributed by atoms with Gasteiger partial charge >= 0.3 is 12.0 Å². The van der Waals surface area contributed by atoms with E-state index >= 15 is 0 Å². The molecule has 9 nitrogen and oxygen atoms in total. The van der Waals surface area contributed by atoms with Crippen LogP contribution in [0, 0.1) is 0 Å². The Labute approximate surface area is 165 Å². The van der Waals surface area contributed by atoms with Gasteiger partial charge in [0, 0.05) is 11.1 Å². The molecule has 0 aliphatic heterocycles. The minimum atomic E-state index is -3.83. The Balaban J connectivity index is 2.74. The Kier molecular flexibility index (Phi) is 7.32. The lowest BCUT2D eigenvalue weighted by atomic mass is 10.1. The topological polar surface area (TPSA) is 131 Å². The molecule has 1 aromatic rings. The van der Waals surface area contributed by atoms with Crippen LogP contribution < -0.4 is 15.4 Å². The van der Waals surface area contributed by atoms with E-state index in [0.717, 1.165) is 6.07 Å². The van der Waals surface area contributed by atoms with E-state index in [1.54, 1.807) is 41.5 Å². The van der Waals surface area contributed by atoms with Crippen molar-refractivity contribution in [1.82, 2.24) is 15.4 Å². The second kappa shape index (κ2) is 8.70. The number of nitrogens with one attached hydrogen (secondary N) is 3. The number of esters is 1. The molecule has 0 saturated heterocycles. The Hall–Kier alpha value is -2.46. The molecule has 0 heterocycles.